The first-order valence-electron chi connectivity index (χ1n) is 6.05. The largest absolute Gasteiger partial charge is 0.468 e. The second-order valence-electron chi connectivity index (χ2n) is 5.04. The van der Waals surface area contributed by atoms with Gasteiger partial charge < -0.3 is 10.1 Å². The lowest BCUT2D eigenvalue weighted by Gasteiger charge is -2.44. The zero-order valence-electron chi connectivity index (χ0n) is 10.1. The molecule has 0 spiro atoms. The first kappa shape index (κ1) is 13.0. The van der Waals surface area contributed by atoms with Crippen molar-refractivity contribution >= 4 is 27.7 Å². The maximum atomic E-state index is 12.1. The van der Waals surface area contributed by atoms with Gasteiger partial charge in [0.2, 0.25) is 0 Å². The average Bonchev–Trinajstić information content (AvgIpc) is 2.32. The average molecular weight is 304 g/mol. The lowest BCUT2D eigenvalue weighted by molar-refractivity contribution is -0.148. The molecule has 5 heteroatoms. The van der Waals surface area contributed by atoms with Gasteiger partial charge in [0.05, 0.1) is 7.11 Å². The Morgan fingerprint density at radius 2 is 2.18 bits per heavy atom. The van der Waals surface area contributed by atoms with E-state index in [1.807, 2.05) is 0 Å². The highest BCUT2D eigenvalue weighted by atomic mass is 79.9. The second-order valence-corrected chi connectivity index (χ2v) is 6.21. The van der Waals surface area contributed by atoms with E-state index in [1.54, 1.807) is 0 Å². The zero-order valence-corrected chi connectivity index (χ0v) is 11.7. The van der Waals surface area contributed by atoms with Gasteiger partial charge >= 0.3 is 5.97 Å². The van der Waals surface area contributed by atoms with Crippen LogP contribution in [0.15, 0.2) is 0 Å². The van der Waals surface area contributed by atoms with Crippen LogP contribution < -0.4 is 5.32 Å². The van der Waals surface area contributed by atoms with Crippen molar-refractivity contribution in [2.24, 2.45) is 11.8 Å². The molecular weight excluding hydrogens is 286 g/mol. The van der Waals surface area contributed by atoms with Crippen LogP contribution >= 0.6 is 15.9 Å². The van der Waals surface area contributed by atoms with Crippen molar-refractivity contribution in [3.63, 3.8) is 0 Å². The summed E-state index contributed by atoms with van der Waals surface area (Å²) in [5, 5.41) is 3.29. The number of esters is 1. The number of rotatable bonds is 1. The Morgan fingerprint density at radius 1 is 1.47 bits per heavy atom. The van der Waals surface area contributed by atoms with Gasteiger partial charge in [0.25, 0.3) is 0 Å². The molecule has 0 aromatic rings. The molecule has 0 radical (unpaired) electrons. The summed E-state index contributed by atoms with van der Waals surface area (Å²) in [5.41, 5.74) is 0. The Kier molecular flexibility index (Phi) is 3.88. The molecule has 1 saturated carbocycles. The van der Waals surface area contributed by atoms with Gasteiger partial charge in [-0.25, -0.2) is 0 Å². The van der Waals surface area contributed by atoms with Gasteiger partial charge in [-0.15, -0.1) is 0 Å². The molecule has 1 N–H and O–H groups in total. The molecule has 1 aliphatic carbocycles. The van der Waals surface area contributed by atoms with Gasteiger partial charge in [-0.1, -0.05) is 22.9 Å². The van der Waals surface area contributed by atoms with Gasteiger partial charge in [0, 0.05) is 23.2 Å². The van der Waals surface area contributed by atoms with Crippen LogP contribution in [0.5, 0.6) is 0 Å². The molecule has 1 aliphatic heterocycles. The number of piperidine rings is 1. The molecule has 96 valence electrons. The molecule has 2 aliphatic rings. The Labute approximate surface area is 110 Å². The summed E-state index contributed by atoms with van der Waals surface area (Å²) in [6.07, 6.45) is 2.35. The fraction of sp³-hybridized carbons (Fsp3) is 0.833. The number of hydrogen-bond donors (Lipinski definition) is 1. The smallest absolute Gasteiger partial charge is 0.323 e. The van der Waals surface area contributed by atoms with Crippen LogP contribution in [0.25, 0.3) is 0 Å². The predicted octanol–water partition coefficient (Wildman–Crippen LogP) is 1.27. The van der Waals surface area contributed by atoms with E-state index in [4.69, 9.17) is 4.74 Å². The number of carbonyl (C=O) groups is 2. The molecule has 0 aromatic heterocycles. The summed E-state index contributed by atoms with van der Waals surface area (Å²) in [6.45, 7) is 2.14. The SMILES string of the molecule is COC(=O)C1CC(=O)C2C(Br)CCC(C)C2N1. The predicted molar refractivity (Wildman–Crippen MR) is 67.0 cm³/mol. The lowest BCUT2D eigenvalue weighted by Crippen LogP contribution is -2.61. The monoisotopic (exact) mass is 303 g/mol. The number of fused-ring (bicyclic) bond motifs is 1. The van der Waals surface area contributed by atoms with Crippen LogP contribution in [0.1, 0.15) is 26.2 Å². The van der Waals surface area contributed by atoms with Gasteiger partial charge in [-0.05, 0) is 18.8 Å². The van der Waals surface area contributed by atoms with Crippen LogP contribution in [-0.4, -0.2) is 35.8 Å². The molecule has 0 aromatic carbocycles. The molecule has 2 fully saturated rings. The van der Waals surface area contributed by atoms with Crippen molar-refractivity contribution in [1.82, 2.24) is 5.32 Å². The van der Waals surface area contributed by atoms with E-state index in [0.717, 1.165) is 12.8 Å². The highest BCUT2D eigenvalue weighted by Crippen LogP contribution is 2.37. The van der Waals surface area contributed by atoms with Crippen LogP contribution in [0.2, 0.25) is 0 Å². The summed E-state index contributed by atoms with van der Waals surface area (Å²) in [7, 11) is 1.36. The van der Waals surface area contributed by atoms with Crippen LogP contribution in [0.4, 0.5) is 0 Å². The van der Waals surface area contributed by atoms with Gasteiger partial charge in [-0.3, -0.25) is 9.59 Å². The summed E-state index contributed by atoms with van der Waals surface area (Å²) in [6, 6.07) is -0.368. The Hall–Kier alpha value is -0.420. The minimum Gasteiger partial charge on any atom is -0.468 e. The van der Waals surface area contributed by atoms with E-state index in [-0.39, 0.29) is 35.0 Å². The minimum atomic E-state index is -0.464. The number of ether oxygens (including phenoxy) is 1. The summed E-state index contributed by atoms with van der Waals surface area (Å²) in [5.74, 6) is 0.267. The normalized spacial score (nSPS) is 41.8. The highest BCUT2D eigenvalue weighted by Gasteiger charge is 2.46. The number of nitrogens with one attached hydrogen (secondary N) is 1. The van der Waals surface area contributed by atoms with Gasteiger partial charge in [0.15, 0.2) is 0 Å². The van der Waals surface area contributed by atoms with E-state index in [1.165, 1.54) is 7.11 Å². The highest BCUT2D eigenvalue weighted by molar-refractivity contribution is 9.09. The van der Waals surface area contributed by atoms with E-state index in [0.29, 0.717) is 5.92 Å². The molecule has 0 amide bonds. The maximum Gasteiger partial charge on any atom is 0.323 e. The molecule has 2 rings (SSSR count). The third kappa shape index (κ3) is 2.40. The number of halogens is 1. The van der Waals surface area contributed by atoms with E-state index >= 15 is 0 Å². The van der Waals surface area contributed by atoms with Crippen LogP contribution in [0.3, 0.4) is 0 Å². The van der Waals surface area contributed by atoms with Gasteiger partial charge in [0.1, 0.15) is 11.8 Å². The maximum absolute atomic E-state index is 12.1. The molecule has 5 atom stereocenters. The third-order valence-electron chi connectivity index (χ3n) is 3.94. The number of hydrogen-bond acceptors (Lipinski definition) is 4. The fourth-order valence-corrected chi connectivity index (χ4v) is 3.84. The van der Waals surface area contributed by atoms with E-state index < -0.39 is 6.04 Å². The Balaban J connectivity index is 2.16. The first-order chi connectivity index (χ1) is 8.04. The molecule has 5 unspecified atom stereocenters. The number of ketones is 1. The molecule has 1 saturated heterocycles. The molecule has 0 bridgehead atoms. The summed E-state index contributed by atoms with van der Waals surface area (Å²) in [4.78, 5) is 23.9. The number of alkyl halides is 1. The number of carbonyl (C=O) groups excluding carboxylic acids is 2. The van der Waals surface area contributed by atoms with Crippen molar-refractivity contribution in [2.45, 2.75) is 43.1 Å². The Morgan fingerprint density at radius 3 is 2.82 bits per heavy atom. The summed E-state index contributed by atoms with van der Waals surface area (Å²) < 4.78 is 4.71. The van der Waals surface area contributed by atoms with Crippen LogP contribution in [-0.2, 0) is 14.3 Å². The van der Waals surface area contributed by atoms with Crippen LogP contribution in [0, 0.1) is 11.8 Å². The topological polar surface area (TPSA) is 55.4 Å². The Bertz CT molecular complexity index is 334. The van der Waals surface area contributed by atoms with E-state index in [9.17, 15) is 9.59 Å². The molecule has 4 nitrogen and oxygen atoms in total. The van der Waals surface area contributed by atoms with Gasteiger partial charge in [-0.2, -0.15) is 0 Å². The van der Waals surface area contributed by atoms with Crippen molar-refractivity contribution in [3.8, 4) is 0 Å². The zero-order chi connectivity index (χ0) is 12.6. The standard InChI is InChI=1S/C12H18BrNO3/c1-6-3-4-7(13)10-9(15)5-8(12(16)17-2)14-11(6)10/h6-8,10-11,14H,3-5H2,1-2H3. The lowest BCUT2D eigenvalue weighted by atomic mass is 9.72. The number of methoxy groups -OCH3 is 1. The molecule has 17 heavy (non-hydrogen) atoms. The minimum absolute atomic E-state index is 0.000318. The number of Topliss-reactive ketones (excluding diaryl/α,β-unsaturated/α-hetero) is 1. The van der Waals surface area contributed by atoms with Crippen molar-refractivity contribution < 1.29 is 14.3 Å². The van der Waals surface area contributed by atoms with Crippen molar-refractivity contribution in [1.29, 1.82) is 0 Å². The quantitative estimate of drug-likeness (QED) is 0.585. The second kappa shape index (κ2) is 5.06. The fourth-order valence-electron chi connectivity index (χ4n) is 2.95. The first-order valence-corrected chi connectivity index (χ1v) is 6.96. The van der Waals surface area contributed by atoms with Crippen molar-refractivity contribution in [3.05, 3.63) is 0 Å². The third-order valence-corrected chi connectivity index (χ3v) is 4.97. The van der Waals surface area contributed by atoms with Crippen molar-refractivity contribution in [2.75, 3.05) is 7.11 Å². The molecule has 1 heterocycles. The van der Waals surface area contributed by atoms with E-state index in [2.05, 4.69) is 28.2 Å². The summed E-state index contributed by atoms with van der Waals surface area (Å²) >= 11 is 3.59. The molecular formula is C12H18BrNO3.